The Labute approximate surface area is 171 Å². The summed E-state index contributed by atoms with van der Waals surface area (Å²) in [5.41, 5.74) is 3.29. The number of rotatable bonds is 12. The van der Waals surface area contributed by atoms with Crippen molar-refractivity contribution in [2.45, 2.75) is 51.0 Å². The van der Waals surface area contributed by atoms with E-state index in [0.29, 0.717) is 12.8 Å². The van der Waals surface area contributed by atoms with Crippen molar-refractivity contribution in [2.24, 2.45) is 10.9 Å². The molecule has 2 aromatic rings. The number of carbonyl (C=O) groups is 2. The highest BCUT2D eigenvalue weighted by atomic mass is 16.4. The largest absolute Gasteiger partial charge is 0.481 e. The Morgan fingerprint density at radius 1 is 1.00 bits per heavy atom. The maximum absolute atomic E-state index is 12.2. The highest BCUT2D eigenvalue weighted by molar-refractivity contribution is 5.79. The van der Waals surface area contributed by atoms with E-state index >= 15 is 0 Å². The van der Waals surface area contributed by atoms with Gasteiger partial charge in [0.05, 0.1) is 12.6 Å². The number of carbonyl (C=O) groups excluding carboxylic acids is 1. The monoisotopic (exact) mass is 395 g/mol. The van der Waals surface area contributed by atoms with Gasteiger partial charge in [-0.05, 0) is 48.8 Å². The minimum atomic E-state index is -0.897. The van der Waals surface area contributed by atoms with Gasteiger partial charge in [0.15, 0.2) is 0 Å². The molecule has 0 saturated carbocycles. The first-order chi connectivity index (χ1) is 14.1. The number of aliphatic carboxylic acids is 1. The van der Waals surface area contributed by atoms with Crippen LogP contribution in [0.5, 0.6) is 0 Å². The number of benzene rings is 2. The minimum absolute atomic E-state index is 0.0585. The third-order valence-electron chi connectivity index (χ3n) is 4.73. The number of aryl methyl sites for hydroxylation is 2. The molecular weight excluding hydrogens is 366 g/mol. The number of carboxylic acid groups (broad SMARTS) is 1. The van der Waals surface area contributed by atoms with Crippen LogP contribution in [0.15, 0.2) is 59.7 Å². The first-order valence-corrected chi connectivity index (χ1v) is 9.94. The molecule has 0 fully saturated rings. The molecule has 6 nitrogen and oxygen atoms in total. The highest BCUT2D eigenvalue weighted by Crippen LogP contribution is 2.10. The molecule has 0 aliphatic rings. The predicted octanol–water partition coefficient (Wildman–Crippen LogP) is 3.28. The van der Waals surface area contributed by atoms with Gasteiger partial charge in [-0.25, -0.2) is 0 Å². The molecule has 0 aliphatic heterocycles. The average Bonchev–Trinajstić information content (AvgIpc) is 2.71. The third kappa shape index (κ3) is 9.06. The summed E-state index contributed by atoms with van der Waals surface area (Å²) < 4.78 is 0. The zero-order valence-electron chi connectivity index (χ0n) is 16.6. The second-order valence-corrected chi connectivity index (χ2v) is 7.11. The number of hydrogen-bond acceptors (Lipinski definition) is 4. The first-order valence-electron chi connectivity index (χ1n) is 9.94. The lowest BCUT2D eigenvalue weighted by atomic mass is 10.0. The average molecular weight is 396 g/mol. The van der Waals surface area contributed by atoms with E-state index in [1.807, 2.05) is 54.6 Å². The molecular formula is C23H29N3O3. The van der Waals surface area contributed by atoms with Gasteiger partial charge in [0.25, 0.3) is 0 Å². The summed E-state index contributed by atoms with van der Waals surface area (Å²) in [4.78, 5) is 23.4. The van der Waals surface area contributed by atoms with Crippen LogP contribution in [0.25, 0.3) is 0 Å². The summed E-state index contributed by atoms with van der Waals surface area (Å²) in [6, 6.07) is 17.5. The van der Waals surface area contributed by atoms with Crippen molar-refractivity contribution in [1.29, 1.82) is 0 Å². The summed E-state index contributed by atoms with van der Waals surface area (Å²) in [7, 11) is 0. The zero-order valence-corrected chi connectivity index (χ0v) is 16.6. The van der Waals surface area contributed by atoms with Crippen molar-refractivity contribution in [3.63, 3.8) is 0 Å². The van der Waals surface area contributed by atoms with Gasteiger partial charge < -0.3 is 16.3 Å². The van der Waals surface area contributed by atoms with E-state index in [1.54, 1.807) is 6.21 Å². The van der Waals surface area contributed by atoms with Gasteiger partial charge in [0.1, 0.15) is 0 Å². The molecule has 0 bridgehead atoms. The molecule has 0 aliphatic carbocycles. The summed E-state index contributed by atoms with van der Waals surface area (Å²) in [6.45, 7) is 0. The SMILES string of the molecule is NN=Cc1ccc(CCCCC(=O)NC(CCc2ccccc2)CC(=O)O)cc1. The van der Waals surface area contributed by atoms with Crippen molar-refractivity contribution >= 4 is 18.1 Å². The van der Waals surface area contributed by atoms with E-state index in [-0.39, 0.29) is 18.4 Å². The lowest BCUT2D eigenvalue weighted by molar-refractivity contribution is -0.137. The highest BCUT2D eigenvalue weighted by Gasteiger charge is 2.16. The number of hydrogen-bond donors (Lipinski definition) is 3. The number of amides is 1. The molecule has 1 amide bonds. The summed E-state index contributed by atoms with van der Waals surface area (Å²) in [6.07, 6.45) is 5.84. The van der Waals surface area contributed by atoms with E-state index in [9.17, 15) is 9.59 Å². The number of nitrogens with two attached hydrogens (primary N) is 1. The minimum Gasteiger partial charge on any atom is -0.481 e. The van der Waals surface area contributed by atoms with Gasteiger partial charge in [-0.1, -0.05) is 54.6 Å². The maximum atomic E-state index is 12.2. The lowest BCUT2D eigenvalue weighted by Crippen LogP contribution is -2.36. The Morgan fingerprint density at radius 3 is 2.34 bits per heavy atom. The Hall–Kier alpha value is -3.15. The standard InChI is InChI=1S/C23H29N3O3/c24-25-17-20-12-10-19(11-13-20)8-4-5-9-22(27)26-21(16-23(28)29)15-14-18-6-2-1-3-7-18/h1-3,6-7,10-13,17,21H,4-5,8-9,14-16,24H2,(H,26,27)(H,28,29). The van der Waals surface area contributed by atoms with Crippen molar-refractivity contribution < 1.29 is 14.7 Å². The van der Waals surface area contributed by atoms with Crippen molar-refractivity contribution in [3.8, 4) is 0 Å². The van der Waals surface area contributed by atoms with Crippen molar-refractivity contribution in [3.05, 3.63) is 71.3 Å². The molecule has 0 saturated heterocycles. The van der Waals surface area contributed by atoms with E-state index in [4.69, 9.17) is 10.9 Å². The summed E-state index contributed by atoms with van der Waals surface area (Å²) >= 11 is 0. The molecule has 0 spiro atoms. The van der Waals surface area contributed by atoms with Crippen LogP contribution >= 0.6 is 0 Å². The molecule has 0 radical (unpaired) electrons. The topological polar surface area (TPSA) is 105 Å². The smallest absolute Gasteiger partial charge is 0.305 e. The number of nitrogens with zero attached hydrogens (tertiary/aromatic N) is 1. The lowest BCUT2D eigenvalue weighted by Gasteiger charge is -2.17. The number of nitrogens with one attached hydrogen (secondary N) is 1. The molecule has 29 heavy (non-hydrogen) atoms. The Balaban J connectivity index is 1.72. The third-order valence-corrected chi connectivity index (χ3v) is 4.73. The van der Waals surface area contributed by atoms with Gasteiger partial charge in [-0.15, -0.1) is 0 Å². The van der Waals surface area contributed by atoms with Crippen LogP contribution in [-0.4, -0.2) is 29.2 Å². The van der Waals surface area contributed by atoms with Gasteiger partial charge in [0.2, 0.25) is 5.91 Å². The van der Waals surface area contributed by atoms with Crippen LogP contribution in [0.3, 0.4) is 0 Å². The summed E-state index contributed by atoms with van der Waals surface area (Å²) in [5, 5.41) is 15.5. The van der Waals surface area contributed by atoms with Crippen molar-refractivity contribution in [1.82, 2.24) is 5.32 Å². The number of unbranched alkanes of at least 4 members (excludes halogenated alkanes) is 1. The molecule has 2 aromatic carbocycles. The fourth-order valence-corrected chi connectivity index (χ4v) is 3.19. The molecule has 4 N–H and O–H groups in total. The Kier molecular flexibility index (Phi) is 9.42. The van der Waals surface area contributed by atoms with Gasteiger partial charge in [-0.3, -0.25) is 9.59 Å². The second kappa shape index (κ2) is 12.3. The maximum Gasteiger partial charge on any atom is 0.305 e. The van der Waals surface area contributed by atoms with E-state index in [1.165, 1.54) is 5.56 Å². The molecule has 0 heterocycles. The van der Waals surface area contributed by atoms with Crippen LogP contribution < -0.4 is 11.2 Å². The Bertz CT molecular complexity index is 789. The predicted molar refractivity (Wildman–Crippen MR) is 115 cm³/mol. The van der Waals surface area contributed by atoms with Gasteiger partial charge in [0, 0.05) is 12.5 Å². The molecule has 2 rings (SSSR count). The van der Waals surface area contributed by atoms with E-state index in [0.717, 1.165) is 36.8 Å². The first kappa shape index (κ1) is 22.1. The molecule has 154 valence electrons. The van der Waals surface area contributed by atoms with Crippen LogP contribution in [0.4, 0.5) is 0 Å². The summed E-state index contributed by atoms with van der Waals surface area (Å²) in [5.74, 6) is 4.15. The van der Waals surface area contributed by atoms with E-state index < -0.39 is 5.97 Å². The van der Waals surface area contributed by atoms with Gasteiger partial charge >= 0.3 is 5.97 Å². The van der Waals surface area contributed by atoms with Crippen LogP contribution in [0, 0.1) is 0 Å². The quantitative estimate of drug-likeness (QED) is 0.222. The Morgan fingerprint density at radius 2 is 1.69 bits per heavy atom. The normalized spacial score (nSPS) is 12.0. The van der Waals surface area contributed by atoms with Gasteiger partial charge in [-0.2, -0.15) is 5.10 Å². The molecule has 0 aromatic heterocycles. The number of hydrazone groups is 1. The second-order valence-electron chi connectivity index (χ2n) is 7.11. The molecule has 1 atom stereocenters. The number of carboxylic acids is 1. The van der Waals surface area contributed by atoms with Crippen molar-refractivity contribution in [2.75, 3.05) is 0 Å². The van der Waals surface area contributed by atoms with Crippen LogP contribution in [-0.2, 0) is 22.4 Å². The fourth-order valence-electron chi connectivity index (χ4n) is 3.19. The molecule has 1 unspecified atom stereocenters. The zero-order chi connectivity index (χ0) is 20.9. The van der Waals surface area contributed by atoms with Crippen LogP contribution in [0.2, 0.25) is 0 Å². The fraction of sp³-hybridized carbons (Fsp3) is 0.348. The molecule has 6 heteroatoms. The van der Waals surface area contributed by atoms with Crippen LogP contribution in [0.1, 0.15) is 48.8 Å². The van der Waals surface area contributed by atoms with E-state index in [2.05, 4.69) is 10.4 Å².